The molecule has 0 aliphatic carbocycles. The number of carbonyl (C=O) groups excluding carboxylic acids is 1. The van der Waals surface area contributed by atoms with Crippen molar-refractivity contribution in [2.75, 3.05) is 25.6 Å². The Labute approximate surface area is 202 Å². The number of nitrogens with zero attached hydrogens (tertiary/aromatic N) is 3. The van der Waals surface area contributed by atoms with E-state index in [-0.39, 0.29) is 5.91 Å². The maximum absolute atomic E-state index is 13.6. The predicted molar refractivity (Wildman–Crippen MR) is 137 cm³/mol. The highest BCUT2D eigenvalue weighted by atomic mass is 32.2. The molecule has 3 aromatic carbocycles. The van der Waals surface area contributed by atoms with E-state index >= 15 is 0 Å². The lowest BCUT2D eigenvalue weighted by atomic mass is 10.1. The highest BCUT2D eigenvalue weighted by Gasteiger charge is 2.38. The zero-order valence-electron chi connectivity index (χ0n) is 18.4. The number of thioether (sulfide) groups is 2. The van der Waals surface area contributed by atoms with Gasteiger partial charge in [0.15, 0.2) is 5.17 Å². The topological polar surface area (TPSA) is 45.1 Å². The molecule has 0 N–H and O–H groups in total. The van der Waals surface area contributed by atoms with Crippen LogP contribution in [-0.2, 0) is 11.2 Å². The maximum Gasteiger partial charge on any atom is 0.269 e. The van der Waals surface area contributed by atoms with Gasteiger partial charge in [0, 0.05) is 18.5 Å². The first-order valence-corrected chi connectivity index (χ1v) is 12.3. The van der Waals surface area contributed by atoms with Crippen LogP contribution in [0.5, 0.6) is 5.75 Å². The molecule has 2 aliphatic rings. The molecule has 5 nitrogen and oxygen atoms in total. The molecule has 2 heterocycles. The monoisotopic (exact) mass is 473 g/mol. The quantitative estimate of drug-likeness (QED) is 0.431. The number of hydrogen-bond donors (Lipinski definition) is 0. The number of ether oxygens (including phenoxy) is 1. The van der Waals surface area contributed by atoms with Crippen molar-refractivity contribution < 1.29 is 9.53 Å². The number of amides is 1. The number of para-hydroxylation sites is 1. The van der Waals surface area contributed by atoms with Crippen molar-refractivity contribution in [2.45, 2.75) is 11.3 Å². The summed E-state index contributed by atoms with van der Waals surface area (Å²) in [7, 11) is 3.66. The smallest absolute Gasteiger partial charge is 0.269 e. The SMILES string of the molecule is COc1ccc(N=C2S/C(=C3\Sc4ccccc4N3C)C(=O)N2CCc2ccccc2)cc1. The summed E-state index contributed by atoms with van der Waals surface area (Å²) in [5.41, 5.74) is 3.10. The van der Waals surface area contributed by atoms with E-state index in [1.807, 2.05) is 66.5 Å². The number of hydrogen-bond acceptors (Lipinski definition) is 6. The molecule has 1 amide bonds. The molecule has 0 radical (unpaired) electrons. The number of benzene rings is 3. The fourth-order valence-electron chi connectivity index (χ4n) is 3.77. The molecular weight excluding hydrogens is 450 g/mol. The second-order valence-electron chi connectivity index (χ2n) is 7.65. The first-order valence-electron chi connectivity index (χ1n) is 10.7. The summed E-state index contributed by atoms with van der Waals surface area (Å²) in [5.74, 6) is 0.782. The highest BCUT2D eigenvalue weighted by molar-refractivity contribution is 8.19. The number of methoxy groups -OCH3 is 1. The van der Waals surface area contributed by atoms with Crippen LogP contribution in [0.3, 0.4) is 0 Å². The van der Waals surface area contributed by atoms with Gasteiger partial charge in [-0.15, -0.1) is 0 Å². The van der Waals surface area contributed by atoms with Crippen molar-refractivity contribution in [3.8, 4) is 5.75 Å². The number of carbonyl (C=O) groups is 1. The minimum atomic E-state index is 0.00495. The lowest BCUT2D eigenvalue weighted by Crippen LogP contribution is -2.31. The molecule has 0 bridgehead atoms. The second-order valence-corrected chi connectivity index (χ2v) is 9.66. The van der Waals surface area contributed by atoms with Crippen LogP contribution in [0.25, 0.3) is 0 Å². The van der Waals surface area contributed by atoms with Gasteiger partial charge in [0.05, 0.1) is 23.5 Å². The van der Waals surface area contributed by atoms with Gasteiger partial charge >= 0.3 is 0 Å². The molecule has 1 fully saturated rings. The second kappa shape index (κ2) is 9.37. The Morgan fingerprint density at radius 1 is 0.909 bits per heavy atom. The Kier molecular flexibility index (Phi) is 6.15. The Bertz CT molecular complexity index is 1240. The van der Waals surface area contributed by atoms with Crippen LogP contribution in [-0.4, -0.2) is 36.7 Å². The summed E-state index contributed by atoms with van der Waals surface area (Å²) in [6.07, 6.45) is 0.764. The summed E-state index contributed by atoms with van der Waals surface area (Å²) in [4.78, 5) is 24.2. The van der Waals surface area contributed by atoms with Gasteiger partial charge in [-0.2, -0.15) is 0 Å². The van der Waals surface area contributed by atoms with Gasteiger partial charge in [-0.25, -0.2) is 4.99 Å². The summed E-state index contributed by atoms with van der Waals surface area (Å²) in [6.45, 7) is 0.572. The van der Waals surface area contributed by atoms with Crippen LogP contribution >= 0.6 is 23.5 Å². The molecule has 0 atom stereocenters. The fraction of sp³-hybridized carbons (Fsp3) is 0.154. The van der Waals surface area contributed by atoms with E-state index in [2.05, 4.69) is 29.2 Å². The third kappa shape index (κ3) is 4.38. The van der Waals surface area contributed by atoms with Gasteiger partial charge in [0.2, 0.25) is 0 Å². The molecular formula is C26H23N3O2S2. The summed E-state index contributed by atoms with van der Waals surface area (Å²) < 4.78 is 5.26. The Hall–Kier alpha value is -3.16. The highest BCUT2D eigenvalue weighted by Crippen LogP contribution is 2.50. The van der Waals surface area contributed by atoms with Gasteiger partial charge in [-0.3, -0.25) is 9.69 Å². The van der Waals surface area contributed by atoms with E-state index in [4.69, 9.17) is 9.73 Å². The first kappa shape index (κ1) is 21.7. The molecule has 7 heteroatoms. The number of rotatable bonds is 5. The minimum absolute atomic E-state index is 0.00495. The summed E-state index contributed by atoms with van der Waals surface area (Å²) >= 11 is 3.09. The van der Waals surface area contributed by atoms with Crippen LogP contribution in [0.1, 0.15) is 5.56 Å². The van der Waals surface area contributed by atoms with Gasteiger partial charge in [0.25, 0.3) is 5.91 Å². The average molecular weight is 474 g/mol. The molecule has 33 heavy (non-hydrogen) atoms. The van der Waals surface area contributed by atoms with E-state index in [0.717, 1.165) is 38.4 Å². The average Bonchev–Trinajstić information content (AvgIpc) is 3.35. The Morgan fingerprint density at radius 2 is 1.64 bits per heavy atom. The molecule has 0 aromatic heterocycles. The van der Waals surface area contributed by atoms with Crippen molar-refractivity contribution >= 4 is 46.0 Å². The maximum atomic E-state index is 13.6. The zero-order chi connectivity index (χ0) is 22.8. The normalized spacial score (nSPS) is 18.8. The third-order valence-corrected chi connectivity index (χ3v) is 7.99. The van der Waals surface area contributed by atoms with Gasteiger partial charge in [-0.1, -0.05) is 54.2 Å². The van der Waals surface area contributed by atoms with Gasteiger partial charge in [-0.05, 0) is 60.1 Å². The minimum Gasteiger partial charge on any atom is -0.497 e. The molecule has 0 spiro atoms. The largest absolute Gasteiger partial charge is 0.497 e. The van der Waals surface area contributed by atoms with Gasteiger partial charge < -0.3 is 9.64 Å². The third-order valence-electron chi connectivity index (χ3n) is 5.56. The molecule has 166 valence electrons. The molecule has 5 rings (SSSR count). The summed E-state index contributed by atoms with van der Waals surface area (Å²) in [6, 6.07) is 26.0. The van der Waals surface area contributed by atoms with Crippen LogP contribution in [0.15, 0.2) is 98.7 Å². The standard InChI is InChI=1S/C26H23N3O2S2/c1-28-21-10-6-7-11-22(21)32-25(28)23-24(30)29(17-16-18-8-4-3-5-9-18)26(33-23)27-19-12-14-20(31-2)15-13-19/h3-15H,16-17H2,1-2H3/b25-23-,27-26?. The number of fused-ring (bicyclic) bond motifs is 1. The first-order chi connectivity index (χ1) is 16.1. The van der Waals surface area contributed by atoms with E-state index in [0.29, 0.717) is 11.7 Å². The van der Waals surface area contributed by atoms with E-state index in [1.165, 1.54) is 17.3 Å². The molecule has 0 saturated carbocycles. The van der Waals surface area contributed by atoms with Crippen LogP contribution < -0.4 is 9.64 Å². The van der Waals surface area contributed by atoms with Crippen LogP contribution in [0, 0.1) is 0 Å². The van der Waals surface area contributed by atoms with Gasteiger partial charge in [0.1, 0.15) is 10.7 Å². The molecule has 0 unspecified atom stereocenters. The number of amidine groups is 1. The lowest BCUT2D eigenvalue weighted by Gasteiger charge is -2.16. The predicted octanol–water partition coefficient (Wildman–Crippen LogP) is 5.91. The number of anilines is 1. The Balaban J connectivity index is 1.48. The van der Waals surface area contributed by atoms with Crippen molar-refractivity contribution in [1.29, 1.82) is 0 Å². The van der Waals surface area contributed by atoms with Crippen molar-refractivity contribution in [2.24, 2.45) is 4.99 Å². The van der Waals surface area contributed by atoms with Crippen molar-refractivity contribution in [1.82, 2.24) is 4.90 Å². The molecule has 1 saturated heterocycles. The van der Waals surface area contributed by atoms with Crippen molar-refractivity contribution in [3.05, 3.63) is 94.4 Å². The Morgan fingerprint density at radius 3 is 2.36 bits per heavy atom. The lowest BCUT2D eigenvalue weighted by molar-refractivity contribution is -0.122. The summed E-state index contributed by atoms with van der Waals surface area (Å²) in [5, 5.41) is 1.66. The fourth-order valence-corrected chi connectivity index (χ4v) is 6.14. The van der Waals surface area contributed by atoms with Crippen LogP contribution in [0.4, 0.5) is 11.4 Å². The molecule has 2 aliphatic heterocycles. The van der Waals surface area contributed by atoms with E-state index < -0.39 is 0 Å². The molecule has 3 aromatic rings. The van der Waals surface area contributed by atoms with Crippen LogP contribution in [0.2, 0.25) is 0 Å². The van der Waals surface area contributed by atoms with Crippen molar-refractivity contribution in [3.63, 3.8) is 0 Å². The number of aliphatic imine (C=N–C) groups is 1. The van der Waals surface area contributed by atoms with E-state index in [9.17, 15) is 4.79 Å². The zero-order valence-corrected chi connectivity index (χ0v) is 20.0. The van der Waals surface area contributed by atoms with E-state index in [1.54, 1.807) is 18.9 Å².